The Kier molecular flexibility index (Phi) is 50.7. The molecule has 0 aliphatic heterocycles. The van der Waals surface area contributed by atoms with Crippen molar-refractivity contribution >= 4 is 0 Å². The molecule has 48 heavy (non-hydrogen) atoms. The largest absolute Gasteiger partial charge is 1.00 e. The Balaban J connectivity index is -0.000000387. The molecule has 0 N–H and O–H groups in total. The van der Waals surface area contributed by atoms with Gasteiger partial charge in [-0.05, 0) is 51.4 Å². The van der Waals surface area contributed by atoms with Gasteiger partial charge in [0.25, 0.3) is 0 Å². The van der Waals surface area contributed by atoms with E-state index in [0.717, 1.165) is 0 Å². The summed E-state index contributed by atoms with van der Waals surface area (Å²) in [5.74, 6) is 0. The standard InChI is InChI=1S/2C22H48N.BrH.ClH/c2*1-5-7-9-11-13-15-17-19-21-23(3,4)22-20-18-16-14-12-10-8-6-2;;/h2*5-22H2,1-4H3;2*1H/q2*+1;;/p-2. The highest BCUT2D eigenvalue weighted by molar-refractivity contribution is 4.50. The van der Waals surface area contributed by atoms with Crippen molar-refractivity contribution in [1.29, 1.82) is 0 Å². The molecule has 0 heterocycles. The van der Waals surface area contributed by atoms with Gasteiger partial charge in [-0.2, -0.15) is 0 Å². The van der Waals surface area contributed by atoms with Crippen molar-refractivity contribution in [2.75, 3.05) is 54.4 Å². The van der Waals surface area contributed by atoms with Crippen LogP contribution in [-0.4, -0.2) is 63.3 Å². The van der Waals surface area contributed by atoms with E-state index in [9.17, 15) is 0 Å². The molecule has 0 aromatic carbocycles. The van der Waals surface area contributed by atoms with Gasteiger partial charge in [-0.1, -0.05) is 182 Å². The van der Waals surface area contributed by atoms with E-state index < -0.39 is 0 Å². The van der Waals surface area contributed by atoms with E-state index in [2.05, 4.69) is 55.9 Å². The van der Waals surface area contributed by atoms with Crippen LogP contribution >= 0.6 is 0 Å². The summed E-state index contributed by atoms with van der Waals surface area (Å²) in [5.41, 5.74) is 0. The first kappa shape index (κ1) is 55.4. The Bertz CT molecular complexity index is 462. The monoisotopic (exact) mass is 767 g/mol. The van der Waals surface area contributed by atoms with Gasteiger partial charge in [-0.15, -0.1) is 0 Å². The third kappa shape index (κ3) is 48.8. The molecule has 4 heteroatoms. The van der Waals surface area contributed by atoms with E-state index in [1.165, 1.54) is 241 Å². The number of rotatable bonds is 36. The molecule has 0 amide bonds. The van der Waals surface area contributed by atoms with Gasteiger partial charge in [0, 0.05) is 0 Å². The van der Waals surface area contributed by atoms with Crippen LogP contribution in [0.15, 0.2) is 0 Å². The van der Waals surface area contributed by atoms with E-state index in [-0.39, 0.29) is 29.4 Å². The lowest BCUT2D eigenvalue weighted by molar-refractivity contribution is -0.890. The zero-order valence-corrected chi connectivity index (χ0v) is 37.4. The molecule has 2 nitrogen and oxygen atoms in total. The summed E-state index contributed by atoms with van der Waals surface area (Å²) >= 11 is 0. The first-order chi connectivity index (χ1) is 22.2. The summed E-state index contributed by atoms with van der Waals surface area (Å²) in [4.78, 5) is 0. The van der Waals surface area contributed by atoms with Gasteiger partial charge in [-0.3, -0.25) is 0 Å². The van der Waals surface area contributed by atoms with Gasteiger partial charge in [-0.25, -0.2) is 0 Å². The van der Waals surface area contributed by atoms with Gasteiger partial charge in [0.2, 0.25) is 0 Å². The molecule has 0 rings (SSSR count). The van der Waals surface area contributed by atoms with Gasteiger partial charge in [0.05, 0.1) is 54.4 Å². The van der Waals surface area contributed by atoms with Gasteiger partial charge in [0.15, 0.2) is 0 Å². The maximum Gasteiger partial charge on any atom is 0.0782 e. The zero-order chi connectivity index (χ0) is 34.5. The molecule has 0 aromatic heterocycles. The average molecular weight is 769 g/mol. The Morgan fingerprint density at radius 1 is 0.229 bits per heavy atom. The lowest BCUT2D eigenvalue weighted by atomic mass is 10.1. The van der Waals surface area contributed by atoms with E-state index in [1.807, 2.05) is 0 Å². The third-order valence-electron chi connectivity index (χ3n) is 10.5. The van der Waals surface area contributed by atoms with Crippen LogP contribution in [0.25, 0.3) is 0 Å². The summed E-state index contributed by atoms with van der Waals surface area (Å²) in [5, 5.41) is 0. The van der Waals surface area contributed by atoms with Crippen LogP contribution in [0.2, 0.25) is 0 Å². The number of halogens is 2. The maximum absolute atomic E-state index is 2.43. The summed E-state index contributed by atoms with van der Waals surface area (Å²) in [7, 11) is 9.73. The molecule has 0 spiro atoms. The number of quaternary nitrogens is 2. The fourth-order valence-corrected chi connectivity index (χ4v) is 6.92. The highest BCUT2D eigenvalue weighted by Gasteiger charge is 2.14. The highest BCUT2D eigenvalue weighted by atomic mass is 79.9. The van der Waals surface area contributed by atoms with Crippen LogP contribution < -0.4 is 29.4 Å². The van der Waals surface area contributed by atoms with Crippen molar-refractivity contribution in [3.63, 3.8) is 0 Å². The minimum atomic E-state index is 0. The van der Waals surface area contributed by atoms with E-state index >= 15 is 0 Å². The van der Waals surface area contributed by atoms with E-state index in [1.54, 1.807) is 0 Å². The molecule has 0 aliphatic carbocycles. The fraction of sp³-hybridized carbons (Fsp3) is 1.00. The Morgan fingerprint density at radius 2 is 0.354 bits per heavy atom. The molecule has 296 valence electrons. The minimum absolute atomic E-state index is 0. The summed E-state index contributed by atoms with van der Waals surface area (Å²) in [6.45, 7) is 14.7. The second-order valence-corrected chi connectivity index (χ2v) is 16.7. The molecule has 0 atom stereocenters. The van der Waals surface area contributed by atoms with Crippen molar-refractivity contribution in [2.45, 2.75) is 233 Å². The maximum atomic E-state index is 2.43. The van der Waals surface area contributed by atoms with Crippen LogP contribution in [-0.2, 0) is 0 Å². The van der Waals surface area contributed by atoms with Crippen molar-refractivity contribution < 1.29 is 38.4 Å². The summed E-state index contributed by atoms with van der Waals surface area (Å²) in [6, 6.07) is 0. The molecular formula is C44H96BrClN2. The van der Waals surface area contributed by atoms with Crippen molar-refractivity contribution in [3.05, 3.63) is 0 Å². The lowest BCUT2D eigenvalue weighted by Gasteiger charge is -2.30. The molecule has 0 saturated carbocycles. The molecule has 0 aromatic rings. The van der Waals surface area contributed by atoms with E-state index in [4.69, 9.17) is 0 Å². The van der Waals surface area contributed by atoms with Crippen molar-refractivity contribution in [1.82, 2.24) is 0 Å². The predicted octanol–water partition coefficient (Wildman–Crippen LogP) is 8.70. The molecule has 0 saturated heterocycles. The molecule has 0 fully saturated rings. The second-order valence-electron chi connectivity index (χ2n) is 16.7. The van der Waals surface area contributed by atoms with Crippen LogP contribution in [0.1, 0.15) is 233 Å². The molecule has 0 bridgehead atoms. The first-order valence-electron chi connectivity index (χ1n) is 21.9. The molecular weight excluding hydrogens is 672 g/mol. The smallest absolute Gasteiger partial charge is 0.0782 e. The SMILES string of the molecule is CCCCCCCCCC[N+](C)(C)CCCCCCCCCC.CCCCCCCCCC[N+](C)(C)CCCCCCCCCC.[Br-].[Cl-]. The predicted molar refractivity (Wildman–Crippen MR) is 214 cm³/mol. The van der Waals surface area contributed by atoms with Crippen LogP contribution in [0.3, 0.4) is 0 Å². The van der Waals surface area contributed by atoms with Crippen LogP contribution in [0.5, 0.6) is 0 Å². The van der Waals surface area contributed by atoms with E-state index in [0.29, 0.717) is 0 Å². The number of unbranched alkanes of at least 4 members (excludes halogenated alkanes) is 28. The Morgan fingerprint density at radius 3 is 0.500 bits per heavy atom. The quantitative estimate of drug-likeness (QED) is 0.0443. The van der Waals surface area contributed by atoms with Crippen molar-refractivity contribution in [2.24, 2.45) is 0 Å². The number of hydrogen-bond donors (Lipinski definition) is 0. The van der Waals surface area contributed by atoms with Crippen LogP contribution in [0.4, 0.5) is 0 Å². The van der Waals surface area contributed by atoms with Crippen LogP contribution in [0, 0.1) is 0 Å². The summed E-state index contributed by atoms with van der Waals surface area (Å²) in [6.07, 6.45) is 46.1. The topological polar surface area (TPSA) is 0 Å². The molecule has 0 radical (unpaired) electrons. The average Bonchev–Trinajstić information content (AvgIpc) is 3.02. The first-order valence-corrected chi connectivity index (χ1v) is 21.9. The molecule has 0 unspecified atom stereocenters. The Labute approximate surface area is 324 Å². The third-order valence-corrected chi connectivity index (χ3v) is 10.5. The van der Waals surface area contributed by atoms with Crippen molar-refractivity contribution in [3.8, 4) is 0 Å². The normalized spacial score (nSPS) is 11.5. The van der Waals surface area contributed by atoms with Gasteiger partial charge in [0.1, 0.15) is 0 Å². The molecule has 0 aliphatic rings. The van der Waals surface area contributed by atoms with Gasteiger partial charge >= 0.3 is 0 Å². The Hall–Kier alpha value is 0.690. The number of nitrogens with zero attached hydrogens (tertiary/aromatic N) is 2. The second kappa shape index (κ2) is 43.9. The fourth-order valence-electron chi connectivity index (χ4n) is 6.92. The zero-order valence-electron chi connectivity index (χ0n) is 35.1. The lowest BCUT2D eigenvalue weighted by Crippen LogP contribution is -3.00. The number of hydrogen-bond acceptors (Lipinski definition) is 0. The summed E-state index contributed by atoms with van der Waals surface area (Å²) < 4.78 is 2.48. The highest BCUT2D eigenvalue weighted by Crippen LogP contribution is 2.15. The van der Waals surface area contributed by atoms with Gasteiger partial charge < -0.3 is 38.4 Å². The minimum Gasteiger partial charge on any atom is -1.00 e.